The molecule has 0 bridgehead atoms. The van der Waals surface area contributed by atoms with Gasteiger partial charge in [-0.25, -0.2) is 0 Å². The van der Waals surface area contributed by atoms with Gasteiger partial charge < -0.3 is 23.7 Å². The second kappa shape index (κ2) is 15.0. The highest BCUT2D eigenvalue weighted by molar-refractivity contribution is 5.78. The Labute approximate surface area is 281 Å². The fourth-order valence-corrected chi connectivity index (χ4v) is 4.05. The Morgan fingerprint density at radius 2 is 1.27 bits per heavy atom. The molecule has 1 N–H and O–H groups in total. The molecule has 1 heterocycles. The van der Waals surface area contributed by atoms with Crippen LogP contribution in [0.5, 0.6) is 0 Å². The molecule has 48 heavy (non-hydrogen) atoms. The number of nitro groups is 1. The molecule has 14 nitrogen and oxygen atoms in total. The zero-order chi connectivity index (χ0) is 37.0. The quantitative estimate of drug-likeness (QED) is 0.160. The molecule has 0 aliphatic carbocycles. The fraction of sp³-hybridized carbons (Fsp3) is 0.676. The maximum Gasteiger partial charge on any atom is 0.311 e. The second-order valence-electron chi connectivity index (χ2n) is 15.9. The van der Waals surface area contributed by atoms with E-state index in [1.165, 1.54) is 24.3 Å². The van der Waals surface area contributed by atoms with Gasteiger partial charge in [0.15, 0.2) is 24.5 Å². The molecule has 0 radical (unpaired) electrons. The van der Waals surface area contributed by atoms with Crippen LogP contribution in [0.3, 0.4) is 0 Å². The van der Waals surface area contributed by atoms with Gasteiger partial charge in [-0.15, -0.1) is 0 Å². The molecule has 266 valence electrons. The van der Waals surface area contributed by atoms with Gasteiger partial charge in [0.05, 0.1) is 32.7 Å². The number of hydrogen-bond donors (Lipinski definition) is 1. The Kier molecular flexibility index (Phi) is 12.5. The first-order valence-electron chi connectivity index (χ1n) is 15.6. The maximum absolute atomic E-state index is 13.4. The summed E-state index contributed by atoms with van der Waals surface area (Å²) in [4.78, 5) is 63.8. The first kappa shape index (κ1) is 40.1. The molecule has 14 heteroatoms. The van der Waals surface area contributed by atoms with Gasteiger partial charge in [0.1, 0.15) is 18.8 Å². The molecular formula is C34H49N3O11. The number of hydrogen-bond acceptors (Lipinski definition) is 13. The Bertz CT molecular complexity index is 1410. The normalized spacial score (nSPS) is 22.4. The van der Waals surface area contributed by atoms with Crippen molar-refractivity contribution in [3.63, 3.8) is 0 Å². The Morgan fingerprint density at radius 1 is 0.812 bits per heavy atom. The van der Waals surface area contributed by atoms with Crippen LogP contribution in [0.25, 0.3) is 0 Å². The van der Waals surface area contributed by atoms with E-state index in [9.17, 15) is 34.6 Å². The highest BCUT2D eigenvalue weighted by Gasteiger charge is 2.55. The van der Waals surface area contributed by atoms with E-state index in [-0.39, 0.29) is 11.3 Å². The van der Waals surface area contributed by atoms with E-state index in [2.05, 4.69) is 5.32 Å². The van der Waals surface area contributed by atoms with Gasteiger partial charge in [-0.1, -0.05) is 12.1 Å². The molecule has 0 amide bonds. The maximum atomic E-state index is 13.4. The van der Waals surface area contributed by atoms with Gasteiger partial charge in [0.25, 0.3) is 5.69 Å². The van der Waals surface area contributed by atoms with Crippen molar-refractivity contribution >= 4 is 29.6 Å². The van der Waals surface area contributed by atoms with E-state index >= 15 is 0 Å². The Hall–Kier alpha value is -4.09. The minimum atomic E-state index is -1.52. The molecule has 1 aromatic carbocycles. The third-order valence-electron chi connectivity index (χ3n) is 7.07. The highest BCUT2D eigenvalue weighted by Crippen LogP contribution is 2.34. The lowest BCUT2D eigenvalue weighted by Crippen LogP contribution is -2.66. The molecule has 6 atom stereocenters. The van der Waals surface area contributed by atoms with Crippen LogP contribution in [0, 0.1) is 43.1 Å². The number of carbonyl (C=O) groups is 4. The zero-order valence-electron chi connectivity index (χ0n) is 29.9. The summed E-state index contributed by atoms with van der Waals surface area (Å²) in [6.45, 7) is 18.9. The summed E-state index contributed by atoms with van der Waals surface area (Å²) in [5, 5.41) is 24.6. The van der Waals surface area contributed by atoms with Crippen LogP contribution in [0.15, 0.2) is 24.3 Å². The van der Waals surface area contributed by atoms with Crippen molar-refractivity contribution in [1.82, 2.24) is 5.32 Å². The number of carbonyl (C=O) groups excluding carboxylic acids is 4. The summed E-state index contributed by atoms with van der Waals surface area (Å²) < 4.78 is 29.7. The predicted molar refractivity (Wildman–Crippen MR) is 172 cm³/mol. The monoisotopic (exact) mass is 675 g/mol. The van der Waals surface area contributed by atoms with Gasteiger partial charge in [-0.05, 0) is 88.6 Å². The Balaban J connectivity index is 2.79. The minimum absolute atomic E-state index is 0.191. The average molecular weight is 676 g/mol. The number of non-ortho nitro benzene ring substituents is 1. The molecule has 1 aliphatic heterocycles. The van der Waals surface area contributed by atoms with Crippen LogP contribution in [0.4, 0.5) is 5.69 Å². The number of benzene rings is 1. The lowest BCUT2D eigenvalue weighted by Gasteiger charge is -2.46. The number of nitrogens with zero attached hydrogens (tertiary/aromatic N) is 2. The summed E-state index contributed by atoms with van der Waals surface area (Å²) >= 11 is 0. The number of nitriles is 1. The summed E-state index contributed by atoms with van der Waals surface area (Å²) in [7, 11) is 0. The van der Waals surface area contributed by atoms with Crippen LogP contribution in [-0.2, 0) is 42.9 Å². The molecule has 2 rings (SSSR count). The standard InChI is InChI=1S/C34H49N3O11/c1-31(2,3)27(38)44-18-22-23(46-28(39)32(4,5)6)24(47-29(40)33(7,8)9)25(48-30(41)34(10,11)12)26(45-22)36-21(17-35)19-14-13-15-20(16-19)37(42)43/h13-16,21-26,36H,18H2,1-12H3/t21?,22?,23-,24-,25?,26-/m1/s1. The summed E-state index contributed by atoms with van der Waals surface area (Å²) in [6, 6.07) is 6.12. The van der Waals surface area contributed by atoms with Crippen molar-refractivity contribution in [2.75, 3.05) is 6.61 Å². The topological polar surface area (TPSA) is 193 Å². The van der Waals surface area contributed by atoms with Crippen LogP contribution >= 0.6 is 0 Å². The van der Waals surface area contributed by atoms with E-state index < -0.39 is 93.8 Å². The third kappa shape index (κ3) is 10.7. The van der Waals surface area contributed by atoms with E-state index in [1.807, 2.05) is 6.07 Å². The number of ether oxygens (including phenoxy) is 5. The molecule has 1 fully saturated rings. The predicted octanol–water partition coefficient (Wildman–Crippen LogP) is 4.94. The molecule has 0 saturated carbocycles. The van der Waals surface area contributed by atoms with Crippen molar-refractivity contribution in [2.45, 2.75) is 120 Å². The number of esters is 4. The summed E-state index contributed by atoms with van der Waals surface area (Å²) in [5.41, 5.74) is -4.16. The molecule has 1 saturated heterocycles. The van der Waals surface area contributed by atoms with E-state index in [0.29, 0.717) is 0 Å². The summed E-state index contributed by atoms with van der Waals surface area (Å²) in [6.07, 6.45) is -7.24. The third-order valence-corrected chi connectivity index (χ3v) is 7.07. The van der Waals surface area contributed by atoms with Crippen LogP contribution in [0.2, 0.25) is 0 Å². The van der Waals surface area contributed by atoms with Crippen LogP contribution in [0.1, 0.15) is 94.7 Å². The minimum Gasteiger partial charge on any atom is -0.462 e. The first-order chi connectivity index (χ1) is 21.8. The van der Waals surface area contributed by atoms with Gasteiger partial charge in [-0.3, -0.25) is 34.6 Å². The Morgan fingerprint density at radius 3 is 1.71 bits per heavy atom. The van der Waals surface area contributed by atoms with E-state index in [0.717, 1.165) is 0 Å². The van der Waals surface area contributed by atoms with Gasteiger partial charge >= 0.3 is 23.9 Å². The number of rotatable bonds is 9. The van der Waals surface area contributed by atoms with E-state index in [4.69, 9.17) is 23.7 Å². The average Bonchev–Trinajstić information content (AvgIpc) is 2.94. The number of nitrogens with one attached hydrogen (secondary N) is 1. The van der Waals surface area contributed by atoms with Crippen molar-refractivity contribution in [3.05, 3.63) is 39.9 Å². The first-order valence-corrected chi connectivity index (χ1v) is 15.6. The highest BCUT2D eigenvalue weighted by atomic mass is 16.7. The van der Waals surface area contributed by atoms with Crippen molar-refractivity contribution < 1.29 is 47.8 Å². The largest absolute Gasteiger partial charge is 0.462 e. The lowest BCUT2D eigenvalue weighted by molar-refractivity contribution is -0.384. The van der Waals surface area contributed by atoms with Crippen molar-refractivity contribution in [2.24, 2.45) is 21.7 Å². The van der Waals surface area contributed by atoms with E-state index in [1.54, 1.807) is 83.1 Å². The van der Waals surface area contributed by atoms with Crippen LogP contribution in [-0.4, -0.2) is 66.1 Å². The SMILES string of the molecule is CC(C)(C)C(=O)OCC1O[C@@H](NC(C#N)c2cccc([N+](=O)[O-])c2)C(OC(=O)C(C)(C)C)[C@H](OC(=O)C(C)(C)C)[C@@H]1OC(=O)C(C)(C)C. The fourth-order valence-electron chi connectivity index (χ4n) is 4.05. The number of nitro benzene ring substituents is 1. The summed E-state index contributed by atoms with van der Waals surface area (Å²) in [5.74, 6) is -2.78. The zero-order valence-corrected chi connectivity index (χ0v) is 29.9. The van der Waals surface area contributed by atoms with Crippen molar-refractivity contribution in [1.29, 1.82) is 5.26 Å². The molecule has 0 spiro atoms. The van der Waals surface area contributed by atoms with Crippen LogP contribution < -0.4 is 5.32 Å². The van der Waals surface area contributed by atoms with Gasteiger partial charge in [0.2, 0.25) is 0 Å². The van der Waals surface area contributed by atoms with Gasteiger partial charge in [-0.2, -0.15) is 5.26 Å². The molecule has 1 aliphatic rings. The van der Waals surface area contributed by atoms with Gasteiger partial charge in [0, 0.05) is 12.1 Å². The molecular weight excluding hydrogens is 626 g/mol. The van der Waals surface area contributed by atoms with Crippen molar-refractivity contribution in [3.8, 4) is 6.07 Å². The molecule has 1 aromatic rings. The smallest absolute Gasteiger partial charge is 0.311 e. The molecule has 3 unspecified atom stereocenters. The lowest BCUT2D eigenvalue weighted by atomic mass is 9.92. The second-order valence-corrected chi connectivity index (χ2v) is 15.9. The molecule has 0 aromatic heterocycles.